The van der Waals surface area contributed by atoms with Crippen molar-refractivity contribution in [2.75, 3.05) is 19.6 Å². The summed E-state index contributed by atoms with van der Waals surface area (Å²) in [5, 5.41) is 11.7. The van der Waals surface area contributed by atoms with Crippen LogP contribution in [0.1, 0.15) is 33.1 Å². The van der Waals surface area contributed by atoms with Gasteiger partial charge in [0.2, 0.25) is 0 Å². The Bertz CT molecular complexity index is 281. The van der Waals surface area contributed by atoms with Crippen LogP contribution < -0.4 is 5.32 Å². The molecule has 17 heavy (non-hydrogen) atoms. The van der Waals surface area contributed by atoms with Crippen LogP contribution in [0.25, 0.3) is 0 Å². The maximum absolute atomic E-state index is 11.7. The number of aliphatic carboxylic acids is 1. The zero-order valence-electron chi connectivity index (χ0n) is 10.6. The fourth-order valence-corrected chi connectivity index (χ4v) is 2.10. The van der Waals surface area contributed by atoms with E-state index in [4.69, 9.17) is 5.11 Å². The molecule has 0 saturated carbocycles. The maximum atomic E-state index is 11.7. The van der Waals surface area contributed by atoms with Crippen LogP contribution in [-0.4, -0.2) is 41.6 Å². The van der Waals surface area contributed by atoms with Gasteiger partial charge in [0.05, 0.1) is 5.92 Å². The first kappa shape index (κ1) is 13.8. The molecule has 0 aromatic rings. The highest BCUT2D eigenvalue weighted by Crippen LogP contribution is 2.15. The van der Waals surface area contributed by atoms with Gasteiger partial charge < -0.3 is 15.3 Å². The molecule has 1 fully saturated rings. The fourth-order valence-electron chi connectivity index (χ4n) is 2.10. The van der Waals surface area contributed by atoms with E-state index in [0.717, 1.165) is 25.9 Å². The predicted molar refractivity (Wildman–Crippen MR) is 64.8 cm³/mol. The molecular formula is C12H22N2O3. The first-order valence-electron chi connectivity index (χ1n) is 6.30. The molecule has 0 aromatic carbocycles. The number of urea groups is 1. The minimum atomic E-state index is -0.832. The number of hydrogen-bond donors (Lipinski definition) is 2. The Labute approximate surface area is 102 Å². The van der Waals surface area contributed by atoms with Gasteiger partial charge >= 0.3 is 12.0 Å². The molecule has 1 aliphatic rings. The normalized spacial score (nSPS) is 21.3. The molecule has 0 radical (unpaired) electrons. The molecular weight excluding hydrogens is 220 g/mol. The second kappa shape index (κ2) is 6.47. The second-order valence-electron chi connectivity index (χ2n) is 4.85. The molecule has 1 heterocycles. The van der Waals surface area contributed by atoms with Crippen LogP contribution in [0.4, 0.5) is 4.79 Å². The third kappa shape index (κ3) is 4.24. The lowest BCUT2D eigenvalue weighted by Crippen LogP contribution is -2.41. The van der Waals surface area contributed by atoms with Gasteiger partial charge in [0, 0.05) is 19.6 Å². The summed E-state index contributed by atoms with van der Waals surface area (Å²) in [5.74, 6) is -0.752. The summed E-state index contributed by atoms with van der Waals surface area (Å²) >= 11 is 0. The van der Waals surface area contributed by atoms with Crippen LogP contribution in [0.5, 0.6) is 0 Å². The predicted octanol–water partition coefficient (Wildman–Crippen LogP) is 1.54. The molecule has 2 amide bonds. The molecule has 5 heteroatoms. The first-order valence-corrected chi connectivity index (χ1v) is 6.30. The largest absolute Gasteiger partial charge is 0.481 e. The molecule has 0 aromatic heterocycles. The van der Waals surface area contributed by atoms with Crippen LogP contribution in [0.15, 0.2) is 0 Å². The van der Waals surface area contributed by atoms with E-state index in [1.807, 2.05) is 6.92 Å². The van der Waals surface area contributed by atoms with E-state index in [-0.39, 0.29) is 12.6 Å². The Balaban J connectivity index is 2.33. The summed E-state index contributed by atoms with van der Waals surface area (Å²) in [6, 6.07) is -0.128. The Kier molecular flexibility index (Phi) is 5.25. The quantitative estimate of drug-likeness (QED) is 0.768. The average molecular weight is 242 g/mol. The van der Waals surface area contributed by atoms with Crippen molar-refractivity contribution in [1.29, 1.82) is 0 Å². The third-order valence-corrected chi connectivity index (χ3v) is 3.20. The SMILES string of the molecule is CCCC(CNC(=O)N1CCC(C)C1)C(=O)O. The molecule has 2 atom stereocenters. The van der Waals surface area contributed by atoms with Crippen molar-refractivity contribution in [3.63, 3.8) is 0 Å². The van der Waals surface area contributed by atoms with Gasteiger partial charge in [-0.3, -0.25) is 4.79 Å². The summed E-state index contributed by atoms with van der Waals surface area (Å²) in [7, 11) is 0. The molecule has 1 saturated heterocycles. The van der Waals surface area contributed by atoms with E-state index in [9.17, 15) is 9.59 Å². The van der Waals surface area contributed by atoms with E-state index in [2.05, 4.69) is 12.2 Å². The number of carboxylic acid groups (broad SMARTS) is 1. The average Bonchev–Trinajstić information content (AvgIpc) is 2.70. The third-order valence-electron chi connectivity index (χ3n) is 3.20. The molecule has 0 spiro atoms. The summed E-state index contributed by atoms with van der Waals surface area (Å²) in [6.07, 6.45) is 2.45. The number of nitrogens with one attached hydrogen (secondary N) is 1. The van der Waals surface area contributed by atoms with Crippen molar-refractivity contribution in [3.8, 4) is 0 Å². The van der Waals surface area contributed by atoms with Crippen LogP contribution >= 0.6 is 0 Å². The van der Waals surface area contributed by atoms with Gasteiger partial charge in [-0.05, 0) is 18.8 Å². The van der Waals surface area contributed by atoms with E-state index in [0.29, 0.717) is 12.3 Å². The van der Waals surface area contributed by atoms with Crippen LogP contribution in [0, 0.1) is 11.8 Å². The summed E-state index contributed by atoms with van der Waals surface area (Å²) in [4.78, 5) is 24.4. The number of carbonyl (C=O) groups excluding carboxylic acids is 1. The highest BCUT2D eigenvalue weighted by molar-refractivity contribution is 5.76. The van der Waals surface area contributed by atoms with E-state index >= 15 is 0 Å². The Morgan fingerprint density at radius 1 is 1.53 bits per heavy atom. The van der Waals surface area contributed by atoms with Crippen LogP contribution in [-0.2, 0) is 4.79 Å². The van der Waals surface area contributed by atoms with Gasteiger partial charge in [-0.1, -0.05) is 20.3 Å². The van der Waals surface area contributed by atoms with Gasteiger partial charge in [0.15, 0.2) is 0 Å². The first-order chi connectivity index (χ1) is 8.04. The van der Waals surface area contributed by atoms with Crippen LogP contribution in [0.3, 0.4) is 0 Å². The number of amides is 2. The second-order valence-corrected chi connectivity index (χ2v) is 4.85. The smallest absolute Gasteiger partial charge is 0.317 e. The molecule has 0 bridgehead atoms. The Morgan fingerprint density at radius 3 is 2.71 bits per heavy atom. The minimum absolute atomic E-state index is 0.128. The Hall–Kier alpha value is -1.26. The zero-order chi connectivity index (χ0) is 12.8. The summed E-state index contributed by atoms with van der Waals surface area (Å²) in [6.45, 7) is 5.84. The van der Waals surface area contributed by atoms with Crippen molar-refractivity contribution in [2.45, 2.75) is 33.1 Å². The molecule has 5 nitrogen and oxygen atoms in total. The van der Waals surface area contributed by atoms with Crippen molar-refractivity contribution >= 4 is 12.0 Å². The van der Waals surface area contributed by atoms with Gasteiger partial charge in [-0.25, -0.2) is 4.79 Å². The molecule has 0 aliphatic carbocycles. The molecule has 98 valence electrons. The molecule has 2 N–H and O–H groups in total. The topological polar surface area (TPSA) is 69.6 Å². The Morgan fingerprint density at radius 2 is 2.24 bits per heavy atom. The van der Waals surface area contributed by atoms with Gasteiger partial charge in [-0.2, -0.15) is 0 Å². The number of nitrogens with zero attached hydrogens (tertiary/aromatic N) is 1. The number of carbonyl (C=O) groups is 2. The number of hydrogen-bond acceptors (Lipinski definition) is 2. The van der Waals surface area contributed by atoms with E-state index < -0.39 is 11.9 Å². The van der Waals surface area contributed by atoms with Gasteiger partial charge in [0.1, 0.15) is 0 Å². The van der Waals surface area contributed by atoms with Crippen LogP contribution in [0.2, 0.25) is 0 Å². The fraction of sp³-hybridized carbons (Fsp3) is 0.833. The number of rotatable bonds is 5. The lowest BCUT2D eigenvalue weighted by Gasteiger charge is -2.19. The van der Waals surface area contributed by atoms with E-state index in [1.165, 1.54) is 0 Å². The molecule has 2 unspecified atom stereocenters. The standard InChI is InChI=1S/C12H22N2O3/c1-3-4-10(11(15)16)7-13-12(17)14-6-5-9(2)8-14/h9-10H,3-8H2,1-2H3,(H,13,17)(H,15,16). The monoisotopic (exact) mass is 242 g/mol. The van der Waals surface area contributed by atoms with E-state index in [1.54, 1.807) is 4.90 Å². The summed E-state index contributed by atoms with van der Waals surface area (Å²) in [5.41, 5.74) is 0. The van der Waals surface area contributed by atoms with Crippen molar-refractivity contribution in [2.24, 2.45) is 11.8 Å². The van der Waals surface area contributed by atoms with Gasteiger partial charge in [-0.15, -0.1) is 0 Å². The van der Waals surface area contributed by atoms with Crippen molar-refractivity contribution < 1.29 is 14.7 Å². The lowest BCUT2D eigenvalue weighted by molar-refractivity contribution is -0.141. The molecule has 1 rings (SSSR count). The van der Waals surface area contributed by atoms with Crippen molar-refractivity contribution in [1.82, 2.24) is 10.2 Å². The highest BCUT2D eigenvalue weighted by Gasteiger charge is 2.24. The maximum Gasteiger partial charge on any atom is 0.317 e. The number of carboxylic acids is 1. The minimum Gasteiger partial charge on any atom is -0.481 e. The highest BCUT2D eigenvalue weighted by atomic mass is 16.4. The number of likely N-dealkylation sites (tertiary alicyclic amines) is 1. The zero-order valence-corrected chi connectivity index (χ0v) is 10.6. The van der Waals surface area contributed by atoms with Crippen molar-refractivity contribution in [3.05, 3.63) is 0 Å². The van der Waals surface area contributed by atoms with Gasteiger partial charge in [0.25, 0.3) is 0 Å². The lowest BCUT2D eigenvalue weighted by atomic mass is 10.0. The molecule has 1 aliphatic heterocycles. The summed E-state index contributed by atoms with van der Waals surface area (Å²) < 4.78 is 0.